The number of carbonyl (C=O) groups is 2. The summed E-state index contributed by atoms with van der Waals surface area (Å²) in [7, 11) is 1.58. The van der Waals surface area contributed by atoms with Gasteiger partial charge in [-0.05, 0) is 30.3 Å². The van der Waals surface area contributed by atoms with E-state index < -0.39 is 5.97 Å². The highest BCUT2D eigenvalue weighted by Gasteiger charge is 2.32. The predicted octanol–water partition coefficient (Wildman–Crippen LogP) is 3.57. The van der Waals surface area contributed by atoms with Gasteiger partial charge in [0.15, 0.2) is 0 Å². The first kappa shape index (κ1) is 18.6. The molecule has 1 aliphatic rings. The number of aliphatic carboxylic acids is 1. The second-order valence-corrected chi connectivity index (χ2v) is 7.44. The summed E-state index contributed by atoms with van der Waals surface area (Å²) in [4.78, 5) is 29.2. The number of fused-ring (bicyclic) bond motifs is 1. The summed E-state index contributed by atoms with van der Waals surface area (Å²) in [5, 5.41) is 9.87. The van der Waals surface area contributed by atoms with E-state index in [1.54, 1.807) is 25.3 Å². The first-order chi connectivity index (χ1) is 12.4. The fraction of sp³-hybridized carbons (Fsp3) is 0.176. The second-order valence-electron chi connectivity index (χ2n) is 5.40. The van der Waals surface area contributed by atoms with Gasteiger partial charge in [0.1, 0.15) is 15.2 Å². The second kappa shape index (κ2) is 7.61. The summed E-state index contributed by atoms with van der Waals surface area (Å²) >= 11 is 12.5. The Bertz CT molecular complexity index is 961. The number of carboxylic acid groups (broad SMARTS) is 1. The quantitative estimate of drug-likeness (QED) is 0.460. The van der Waals surface area contributed by atoms with Gasteiger partial charge in [0.2, 0.25) is 0 Å². The molecule has 0 unspecified atom stereocenters. The number of hydrogen-bond donors (Lipinski definition) is 1. The SMILES string of the molecule is COc1ccc2nc(Cl)c(/C=C3\SC(=S)N(CCC(=O)O)C3=O)cc2c1. The van der Waals surface area contributed by atoms with E-state index in [9.17, 15) is 9.59 Å². The van der Waals surface area contributed by atoms with E-state index >= 15 is 0 Å². The van der Waals surface area contributed by atoms with Crippen LogP contribution in [0.3, 0.4) is 0 Å². The number of hydrogen-bond acceptors (Lipinski definition) is 6. The van der Waals surface area contributed by atoms with Gasteiger partial charge < -0.3 is 9.84 Å². The molecule has 1 fully saturated rings. The highest BCUT2D eigenvalue weighted by Crippen LogP contribution is 2.34. The van der Waals surface area contributed by atoms with E-state index in [1.165, 1.54) is 4.90 Å². The molecular formula is C17H13ClN2O4S2. The maximum absolute atomic E-state index is 12.5. The predicted molar refractivity (Wildman–Crippen MR) is 105 cm³/mol. The van der Waals surface area contributed by atoms with Crippen molar-refractivity contribution in [1.29, 1.82) is 0 Å². The standard InChI is InChI=1S/C17H13ClN2O4S2/c1-24-11-2-3-12-9(7-11)6-10(15(18)19-12)8-13-16(23)20(17(25)26-13)5-4-14(21)22/h2-3,6-8H,4-5H2,1H3,(H,21,22)/b13-8-. The van der Waals surface area contributed by atoms with Gasteiger partial charge in [0.25, 0.3) is 5.91 Å². The Balaban J connectivity index is 1.94. The molecule has 2 aromatic rings. The molecule has 0 spiro atoms. The molecule has 0 aliphatic carbocycles. The van der Waals surface area contributed by atoms with E-state index in [2.05, 4.69) is 4.98 Å². The number of ether oxygens (including phenoxy) is 1. The van der Waals surface area contributed by atoms with Crippen LogP contribution in [0.2, 0.25) is 5.15 Å². The fourth-order valence-electron chi connectivity index (χ4n) is 2.42. The van der Waals surface area contributed by atoms with Gasteiger partial charge >= 0.3 is 5.97 Å². The van der Waals surface area contributed by atoms with E-state index in [0.717, 1.165) is 17.1 Å². The van der Waals surface area contributed by atoms with Crippen LogP contribution in [0.1, 0.15) is 12.0 Å². The molecule has 0 radical (unpaired) electrons. The van der Waals surface area contributed by atoms with Crippen LogP contribution in [0.5, 0.6) is 5.75 Å². The Kier molecular flexibility index (Phi) is 5.45. The lowest BCUT2D eigenvalue weighted by Crippen LogP contribution is -2.30. The first-order valence-electron chi connectivity index (χ1n) is 7.50. The van der Waals surface area contributed by atoms with Crippen molar-refractivity contribution in [3.8, 4) is 5.75 Å². The van der Waals surface area contributed by atoms with Crippen molar-refractivity contribution in [2.24, 2.45) is 0 Å². The molecule has 1 aromatic carbocycles. The van der Waals surface area contributed by atoms with Gasteiger partial charge in [0.05, 0.1) is 24.0 Å². The molecule has 134 valence electrons. The van der Waals surface area contributed by atoms with Crippen molar-refractivity contribution in [3.05, 3.63) is 39.9 Å². The summed E-state index contributed by atoms with van der Waals surface area (Å²) in [6.45, 7) is 0.0399. The third-order valence-electron chi connectivity index (χ3n) is 3.71. The summed E-state index contributed by atoms with van der Waals surface area (Å²) in [6, 6.07) is 7.24. The van der Waals surface area contributed by atoms with Crippen LogP contribution < -0.4 is 4.74 Å². The van der Waals surface area contributed by atoms with Crippen LogP contribution in [-0.4, -0.2) is 44.8 Å². The van der Waals surface area contributed by atoms with Crippen LogP contribution in [0.25, 0.3) is 17.0 Å². The van der Waals surface area contributed by atoms with Crippen LogP contribution in [0, 0.1) is 0 Å². The molecule has 3 rings (SSSR count). The molecule has 0 saturated carbocycles. The number of thiocarbonyl (C=S) groups is 1. The molecule has 6 nitrogen and oxygen atoms in total. The third-order valence-corrected chi connectivity index (χ3v) is 5.39. The Morgan fingerprint density at radius 1 is 1.46 bits per heavy atom. The molecule has 9 heteroatoms. The van der Waals surface area contributed by atoms with Crippen molar-refractivity contribution < 1.29 is 19.4 Å². The first-order valence-corrected chi connectivity index (χ1v) is 9.11. The summed E-state index contributed by atoms with van der Waals surface area (Å²) in [6.07, 6.45) is 1.45. The molecule has 1 saturated heterocycles. The van der Waals surface area contributed by atoms with Crippen LogP contribution in [0.15, 0.2) is 29.2 Å². The smallest absolute Gasteiger partial charge is 0.305 e. The average molecular weight is 409 g/mol. The van der Waals surface area contributed by atoms with Gasteiger partial charge in [-0.3, -0.25) is 14.5 Å². The number of carboxylic acids is 1. The number of aromatic nitrogens is 1. The lowest BCUT2D eigenvalue weighted by Gasteiger charge is -2.12. The Morgan fingerprint density at radius 2 is 2.23 bits per heavy atom. The average Bonchev–Trinajstić information content (AvgIpc) is 2.86. The van der Waals surface area contributed by atoms with Gasteiger partial charge in [-0.2, -0.15) is 0 Å². The zero-order valence-corrected chi connectivity index (χ0v) is 16.0. The number of halogens is 1. The van der Waals surface area contributed by atoms with Crippen LogP contribution in [0.4, 0.5) is 0 Å². The number of methoxy groups -OCH3 is 1. The monoisotopic (exact) mass is 408 g/mol. The van der Waals surface area contributed by atoms with Crippen molar-refractivity contribution >= 4 is 68.8 Å². The highest BCUT2D eigenvalue weighted by atomic mass is 35.5. The van der Waals surface area contributed by atoms with Gasteiger partial charge in [-0.15, -0.1) is 0 Å². The number of carbonyl (C=O) groups excluding carboxylic acids is 1. The van der Waals surface area contributed by atoms with E-state index in [-0.39, 0.29) is 24.0 Å². The number of thioether (sulfide) groups is 1. The zero-order chi connectivity index (χ0) is 18.8. The number of nitrogens with zero attached hydrogens (tertiary/aromatic N) is 2. The Hall–Kier alpha value is -2.16. The van der Waals surface area contributed by atoms with Crippen LogP contribution >= 0.6 is 35.6 Å². The van der Waals surface area contributed by atoms with Crippen molar-refractivity contribution in [2.45, 2.75) is 6.42 Å². The Morgan fingerprint density at radius 3 is 2.92 bits per heavy atom. The lowest BCUT2D eigenvalue weighted by molar-refractivity contribution is -0.137. The van der Waals surface area contributed by atoms with Gasteiger partial charge in [-0.25, -0.2) is 4.98 Å². The minimum Gasteiger partial charge on any atom is -0.497 e. The van der Waals surface area contributed by atoms with E-state index in [0.29, 0.717) is 26.1 Å². The number of amides is 1. The van der Waals surface area contributed by atoms with Gasteiger partial charge in [-0.1, -0.05) is 35.6 Å². The van der Waals surface area contributed by atoms with Crippen LogP contribution in [-0.2, 0) is 9.59 Å². The van der Waals surface area contributed by atoms with E-state index in [4.69, 9.17) is 33.7 Å². The summed E-state index contributed by atoms with van der Waals surface area (Å²) in [5.74, 6) is -0.630. The highest BCUT2D eigenvalue weighted by molar-refractivity contribution is 8.26. The Labute approximate surface area is 163 Å². The molecule has 0 atom stereocenters. The number of pyridine rings is 1. The molecule has 26 heavy (non-hydrogen) atoms. The topological polar surface area (TPSA) is 79.7 Å². The minimum atomic E-state index is -0.987. The summed E-state index contributed by atoms with van der Waals surface area (Å²) < 4.78 is 5.54. The molecular weight excluding hydrogens is 396 g/mol. The minimum absolute atomic E-state index is 0.0399. The number of benzene rings is 1. The maximum atomic E-state index is 12.5. The molecule has 2 heterocycles. The maximum Gasteiger partial charge on any atom is 0.305 e. The summed E-state index contributed by atoms with van der Waals surface area (Å²) in [5.41, 5.74) is 1.29. The van der Waals surface area contributed by atoms with E-state index in [1.807, 2.05) is 12.1 Å². The molecule has 1 aliphatic heterocycles. The molecule has 1 amide bonds. The normalized spacial score (nSPS) is 15.9. The molecule has 1 N–H and O–H groups in total. The zero-order valence-electron chi connectivity index (χ0n) is 13.6. The number of rotatable bonds is 5. The van der Waals surface area contributed by atoms with Crippen molar-refractivity contribution in [2.75, 3.05) is 13.7 Å². The molecule has 0 bridgehead atoms. The third kappa shape index (κ3) is 3.82. The largest absolute Gasteiger partial charge is 0.497 e. The van der Waals surface area contributed by atoms with Crippen molar-refractivity contribution in [3.63, 3.8) is 0 Å². The van der Waals surface area contributed by atoms with Crippen molar-refractivity contribution in [1.82, 2.24) is 9.88 Å². The fourth-order valence-corrected chi connectivity index (χ4v) is 3.92. The van der Waals surface area contributed by atoms with Gasteiger partial charge in [0, 0.05) is 17.5 Å². The molecule has 1 aromatic heterocycles. The lowest BCUT2D eigenvalue weighted by atomic mass is 10.1.